The van der Waals surface area contributed by atoms with Gasteiger partial charge in [0.25, 0.3) is 5.91 Å². The summed E-state index contributed by atoms with van der Waals surface area (Å²) in [5, 5.41) is 7.71. The predicted octanol–water partition coefficient (Wildman–Crippen LogP) is 3.68. The third kappa shape index (κ3) is 3.08. The van der Waals surface area contributed by atoms with E-state index in [0.717, 1.165) is 17.8 Å². The summed E-state index contributed by atoms with van der Waals surface area (Å²) in [4.78, 5) is 12.7. The molecule has 0 aliphatic heterocycles. The zero-order chi connectivity index (χ0) is 16.4. The van der Waals surface area contributed by atoms with Crippen molar-refractivity contribution in [3.05, 3.63) is 72.4 Å². The Morgan fingerprint density at radius 1 is 1.04 bits per heavy atom. The number of nitrogens with one attached hydrogen (secondary N) is 1. The second kappa shape index (κ2) is 6.32. The lowest BCUT2D eigenvalue weighted by Crippen LogP contribution is -2.25. The lowest BCUT2D eigenvalue weighted by Gasteiger charge is -2.04. The first-order valence-electron chi connectivity index (χ1n) is 8.30. The molecule has 0 atom stereocenters. The summed E-state index contributed by atoms with van der Waals surface area (Å²) in [5.74, 6) is 0.598. The molecule has 1 N–H and O–H groups in total. The van der Waals surface area contributed by atoms with Crippen molar-refractivity contribution in [1.82, 2.24) is 15.1 Å². The van der Waals surface area contributed by atoms with Crippen LogP contribution in [0.1, 0.15) is 23.2 Å². The van der Waals surface area contributed by atoms with Crippen molar-refractivity contribution in [3.63, 3.8) is 0 Å². The van der Waals surface area contributed by atoms with Crippen molar-refractivity contribution in [2.24, 2.45) is 5.92 Å². The molecule has 0 radical (unpaired) electrons. The largest absolute Gasteiger partial charge is 0.352 e. The van der Waals surface area contributed by atoms with Crippen molar-refractivity contribution >= 4 is 5.91 Å². The smallest absolute Gasteiger partial charge is 0.255 e. The number of amides is 1. The van der Waals surface area contributed by atoms with E-state index in [1.54, 1.807) is 4.68 Å². The van der Waals surface area contributed by atoms with Crippen LogP contribution in [0.15, 0.2) is 66.9 Å². The van der Waals surface area contributed by atoms with Gasteiger partial charge in [-0.15, -0.1) is 0 Å². The van der Waals surface area contributed by atoms with Crippen LogP contribution in [-0.2, 0) is 0 Å². The number of para-hydroxylation sites is 1. The van der Waals surface area contributed by atoms with Crippen LogP contribution in [0.4, 0.5) is 0 Å². The van der Waals surface area contributed by atoms with Gasteiger partial charge in [-0.25, -0.2) is 4.68 Å². The molecule has 24 heavy (non-hydrogen) atoms. The van der Waals surface area contributed by atoms with E-state index >= 15 is 0 Å². The van der Waals surface area contributed by atoms with Crippen LogP contribution in [0.3, 0.4) is 0 Å². The maximum absolute atomic E-state index is 12.7. The topological polar surface area (TPSA) is 46.9 Å². The molecule has 0 unspecified atom stereocenters. The highest BCUT2D eigenvalue weighted by atomic mass is 16.1. The zero-order valence-corrected chi connectivity index (χ0v) is 13.4. The van der Waals surface area contributed by atoms with E-state index in [2.05, 4.69) is 10.4 Å². The van der Waals surface area contributed by atoms with Gasteiger partial charge in [0.15, 0.2) is 0 Å². The number of nitrogens with zero attached hydrogens (tertiary/aromatic N) is 2. The van der Waals surface area contributed by atoms with Crippen LogP contribution in [0.2, 0.25) is 0 Å². The molecule has 120 valence electrons. The molecule has 2 aromatic carbocycles. The van der Waals surface area contributed by atoms with E-state index in [9.17, 15) is 4.79 Å². The van der Waals surface area contributed by atoms with Gasteiger partial charge in [-0.3, -0.25) is 4.79 Å². The standard InChI is InChI=1S/C20H19N3O/c24-20(21-13-15-11-12-15)18-14-23(17-9-5-2-6-10-17)22-19(18)16-7-3-1-4-8-16/h1-10,14-15H,11-13H2,(H,21,24). The molecule has 1 amide bonds. The first-order chi connectivity index (χ1) is 11.8. The normalized spacial score (nSPS) is 13.7. The third-order valence-electron chi connectivity index (χ3n) is 4.28. The fourth-order valence-electron chi connectivity index (χ4n) is 2.72. The van der Waals surface area contributed by atoms with Crippen LogP contribution >= 0.6 is 0 Å². The van der Waals surface area contributed by atoms with Gasteiger partial charge >= 0.3 is 0 Å². The molecule has 1 aliphatic rings. The van der Waals surface area contributed by atoms with Crippen LogP contribution < -0.4 is 5.32 Å². The minimum atomic E-state index is -0.0528. The lowest BCUT2D eigenvalue weighted by molar-refractivity contribution is 0.0952. The minimum Gasteiger partial charge on any atom is -0.352 e. The highest BCUT2D eigenvalue weighted by Gasteiger charge is 2.24. The minimum absolute atomic E-state index is 0.0528. The molecule has 4 nitrogen and oxygen atoms in total. The van der Waals surface area contributed by atoms with Crippen LogP contribution in [0.25, 0.3) is 16.9 Å². The molecule has 3 aromatic rings. The molecule has 1 saturated carbocycles. The van der Waals surface area contributed by atoms with Gasteiger partial charge in [-0.1, -0.05) is 48.5 Å². The summed E-state index contributed by atoms with van der Waals surface area (Å²) in [7, 11) is 0. The average Bonchev–Trinajstić information content (AvgIpc) is 3.37. The van der Waals surface area contributed by atoms with E-state index in [0.29, 0.717) is 17.2 Å². The van der Waals surface area contributed by atoms with Crippen molar-refractivity contribution in [1.29, 1.82) is 0 Å². The molecular weight excluding hydrogens is 298 g/mol. The molecular formula is C20H19N3O. The Morgan fingerprint density at radius 3 is 2.38 bits per heavy atom. The Bertz CT molecular complexity index is 836. The van der Waals surface area contributed by atoms with E-state index in [1.165, 1.54) is 12.8 Å². The summed E-state index contributed by atoms with van der Waals surface area (Å²) in [6.07, 6.45) is 4.25. The lowest BCUT2D eigenvalue weighted by atomic mass is 10.1. The number of hydrogen-bond acceptors (Lipinski definition) is 2. The Labute approximate surface area is 141 Å². The zero-order valence-electron chi connectivity index (χ0n) is 13.4. The average molecular weight is 317 g/mol. The van der Waals surface area contributed by atoms with Crippen molar-refractivity contribution in [2.75, 3.05) is 6.54 Å². The molecule has 4 rings (SSSR count). The number of carbonyl (C=O) groups is 1. The van der Waals surface area contributed by atoms with Gasteiger partial charge < -0.3 is 5.32 Å². The van der Waals surface area contributed by atoms with Crippen molar-refractivity contribution in [3.8, 4) is 16.9 Å². The first kappa shape index (κ1) is 14.7. The van der Waals surface area contributed by atoms with Gasteiger partial charge in [0.2, 0.25) is 0 Å². The summed E-state index contributed by atoms with van der Waals surface area (Å²) < 4.78 is 1.77. The molecule has 1 aromatic heterocycles. The van der Waals surface area contributed by atoms with Crippen molar-refractivity contribution in [2.45, 2.75) is 12.8 Å². The van der Waals surface area contributed by atoms with E-state index in [4.69, 9.17) is 0 Å². The van der Waals surface area contributed by atoms with Gasteiger partial charge in [-0.2, -0.15) is 5.10 Å². The molecule has 1 aliphatic carbocycles. The highest BCUT2D eigenvalue weighted by molar-refractivity contribution is 5.99. The van der Waals surface area contributed by atoms with Gasteiger partial charge in [0.05, 0.1) is 11.3 Å². The monoisotopic (exact) mass is 317 g/mol. The first-order valence-corrected chi connectivity index (χ1v) is 8.30. The second-order valence-corrected chi connectivity index (χ2v) is 6.19. The molecule has 1 fully saturated rings. The fourth-order valence-corrected chi connectivity index (χ4v) is 2.72. The summed E-state index contributed by atoms with van der Waals surface area (Å²) in [6, 6.07) is 19.7. The van der Waals surface area contributed by atoms with Crippen LogP contribution in [-0.4, -0.2) is 22.2 Å². The Kier molecular flexibility index (Phi) is 3.87. The molecule has 0 spiro atoms. The predicted molar refractivity (Wildman–Crippen MR) is 94.1 cm³/mol. The van der Waals surface area contributed by atoms with E-state index in [-0.39, 0.29) is 5.91 Å². The maximum atomic E-state index is 12.7. The van der Waals surface area contributed by atoms with Crippen molar-refractivity contribution < 1.29 is 4.79 Å². The van der Waals surface area contributed by atoms with E-state index < -0.39 is 0 Å². The summed E-state index contributed by atoms with van der Waals surface area (Å²) in [5.41, 5.74) is 3.22. The van der Waals surface area contributed by atoms with E-state index in [1.807, 2.05) is 66.9 Å². The molecule has 4 heteroatoms. The third-order valence-corrected chi connectivity index (χ3v) is 4.28. The van der Waals surface area contributed by atoms with Gasteiger partial charge in [0.1, 0.15) is 5.69 Å². The van der Waals surface area contributed by atoms with Crippen LogP contribution in [0, 0.1) is 5.92 Å². The Balaban J connectivity index is 1.72. The Morgan fingerprint density at radius 2 is 1.71 bits per heavy atom. The van der Waals surface area contributed by atoms with Crippen LogP contribution in [0.5, 0.6) is 0 Å². The Hall–Kier alpha value is -2.88. The molecule has 0 saturated heterocycles. The highest BCUT2D eigenvalue weighted by Crippen LogP contribution is 2.28. The summed E-state index contributed by atoms with van der Waals surface area (Å²) in [6.45, 7) is 0.754. The fraction of sp³-hybridized carbons (Fsp3) is 0.200. The molecule has 1 heterocycles. The summed E-state index contributed by atoms with van der Waals surface area (Å²) >= 11 is 0. The number of benzene rings is 2. The SMILES string of the molecule is O=C(NCC1CC1)c1cn(-c2ccccc2)nc1-c1ccccc1. The second-order valence-electron chi connectivity index (χ2n) is 6.19. The van der Waals surface area contributed by atoms with Gasteiger partial charge in [0, 0.05) is 18.3 Å². The number of hydrogen-bond donors (Lipinski definition) is 1. The quantitative estimate of drug-likeness (QED) is 0.780. The number of carbonyl (C=O) groups excluding carboxylic acids is 1. The number of rotatable bonds is 5. The number of aromatic nitrogens is 2. The maximum Gasteiger partial charge on any atom is 0.255 e. The van der Waals surface area contributed by atoms with Gasteiger partial charge in [-0.05, 0) is 30.9 Å². The molecule has 0 bridgehead atoms.